The fourth-order valence-electron chi connectivity index (χ4n) is 2.00. The van der Waals surface area contributed by atoms with Gasteiger partial charge in [-0.25, -0.2) is 0 Å². The average Bonchev–Trinajstić information content (AvgIpc) is 2.29. The summed E-state index contributed by atoms with van der Waals surface area (Å²) in [5.74, 6) is 0.0670. The van der Waals surface area contributed by atoms with Crippen LogP contribution >= 0.6 is 11.6 Å². The molecule has 1 N–H and O–H groups in total. The van der Waals surface area contributed by atoms with E-state index in [1.807, 2.05) is 18.2 Å². The van der Waals surface area contributed by atoms with Crippen molar-refractivity contribution in [3.63, 3.8) is 0 Å². The molecule has 2 rings (SSSR count). The number of hydrogen-bond acceptors (Lipinski definition) is 2. The van der Waals surface area contributed by atoms with Crippen molar-refractivity contribution in [1.29, 1.82) is 0 Å². The number of nitrogens with one attached hydrogen (secondary N) is 1. The molecule has 0 atom stereocenters. The van der Waals surface area contributed by atoms with Crippen LogP contribution in [0.4, 0.5) is 0 Å². The van der Waals surface area contributed by atoms with Gasteiger partial charge in [-0.1, -0.05) is 17.7 Å². The van der Waals surface area contributed by atoms with Gasteiger partial charge < -0.3 is 5.32 Å². The molecule has 16 heavy (non-hydrogen) atoms. The first-order chi connectivity index (χ1) is 7.69. The third kappa shape index (κ3) is 2.54. The first kappa shape index (κ1) is 11.4. The maximum atomic E-state index is 11.3. The molecule has 1 aliphatic heterocycles. The van der Waals surface area contributed by atoms with Crippen molar-refractivity contribution in [3.8, 4) is 0 Å². The molecule has 0 spiro atoms. The van der Waals surface area contributed by atoms with Gasteiger partial charge in [-0.05, 0) is 29.7 Å². The smallest absolute Gasteiger partial charge is 0.233 e. The van der Waals surface area contributed by atoms with E-state index in [1.54, 1.807) is 7.05 Å². The third-order valence-electron chi connectivity index (χ3n) is 2.91. The largest absolute Gasteiger partial charge is 0.358 e. The molecule has 4 heteroatoms. The number of halogens is 1. The van der Waals surface area contributed by atoms with Crippen LogP contribution in [0.2, 0.25) is 5.02 Å². The van der Waals surface area contributed by atoms with Gasteiger partial charge in [-0.3, -0.25) is 9.69 Å². The Kier molecular flexibility index (Phi) is 3.46. The van der Waals surface area contributed by atoms with Gasteiger partial charge in [0.15, 0.2) is 0 Å². The van der Waals surface area contributed by atoms with Gasteiger partial charge in [0.2, 0.25) is 5.91 Å². The van der Waals surface area contributed by atoms with Crippen molar-refractivity contribution in [2.24, 2.45) is 0 Å². The van der Waals surface area contributed by atoms with Crippen molar-refractivity contribution in [2.45, 2.75) is 13.0 Å². The molecule has 0 unspecified atom stereocenters. The van der Waals surface area contributed by atoms with Crippen molar-refractivity contribution in [2.75, 3.05) is 20.1 Å². The summed E-state index contributed by atoms with van der Waals surface area (Å²) >= 11 is 5.94. The molecule has 0 fully saturated rings. The Labute approximate surface area is 100 Å². The fraction of sp³-hybridized carbons (Fsp3) is 0.417. The average molecular weight is 239 g/mol. The summed E-state index contributed by atoms with van der Waals surface area (Å²) in [6, 6.07) is 5.98. The number of hydrogen-bond donors (Lipinski definition) is 1. The summed E-state index contributed by atoms with van der Waals surface area (Å²) in [6.07, 6.45) is 0.965. The molecule has 86 valence electrons. The normalized spacial score (nSPS) is 15.6. The number of rotatable bonds is 2. The lowest BCUT2D eigenvalue weighted by molar-refractivity contribution is -0.121. The van der Waals surface area contributed by atoms with Crippen LogP contribution in [0.25, 0.3) is 0 Å². The first-order valence-corrected chi connectivity index (χ1v) is 5.77. The van der Waals surface area contributed by atoms with E-state index in [-0.39, 0.29) is 5.91 Å². The zero-order valence-corrected chi connectivity index (χ0v) is 10.0. The number of carbonyl (C=O) groups is 1. The van der Waals surface area contributed by atoms with Crippen LogP contribution in [-0.2, 0) is 17.8 Å². The van der Waals surface area contributed by atoms with E-state index in [0.29, 0.717) is 6.54 Å². The minimum Gasteiger partial charge on any atom is -0.358 e. The molecule has 0 saturated heterocycles. The Hall–Kier alpha value is -1.06. The second kappa shape index (κ2) is 4.85. The second-order valence-electron chi connectivity index (χ2n) is 4.05. The lowest BCUT2D eigenvalue weighted by Gasteiger charge is -2.28. The molecular weight excluding hydrogens is 224 g/mol. The molecule has 3 nitrogen and oxygen atoms in total. The maximum Gasteiger partial charge on any atom is 0.233 e. The first-order valence-electron chi connectivity index (χ1n) is 5.39. The second-order valence-corrected chi connectivity index (χ2v) is 4.48. The Morgan fingerprint density at radius 2 is 2.31 bits per heavy atom. The van der Waals surface area contributed by atoms with Gasteiger partial charge in [-0.15, -0.1) is 0 Å². The number of nitrogens with zero attached hydrogens (tertiary/aromatic N) is 1. The predicted octanol–water partition coefficient (Wildman–Crippen LogP) is 1.44. The van der Waals surface area contributed by atoms with E-state index >= 15 is 0 Å². The summed E-state index contributed by atoms with van der Waals surface area (Å²) in [7, 11) is 1.67. The summed E-state index contributed by atoms with van der Waals surface area (Å²) in [4.78, 5) is 13.4. The van der Waals surface area contributed by atoms with E-state index in [9.17, 15) is 4.79 Å². The van der Waals surface area contributed by atoms with Gasteiger partial charge in [-0.2, -0.15) is 0 Å². The number of carbonyl (C=O) groups excluding carboxylic acids is 1. The summed E-state index contributed by atoms with van der Waals surface area (Å²) in [5.41, 5.74) is 2.58. The molecule has 1 aliphatic rings. The van der Waals surface area contributed by atoms with Gasteiger partial charge in [0, 0.05) is 25.2 Å². The lowest BCUT2D eigenvalue weighted by atomic mass is 10.00. The molecule has 0 aromatic heterocycles. The fourth-order valence-corrected chi connectivity index (χ4v) is 2.19. The Morgan fingerprint density at radius 3 is 3.06 bits per heavy atom. The van der Waals surface area contributed by atoms with Crippen molar-refractivity contribution in [1.82, 2.24) is 10.2 Å². The van der Waals surface area contributed by atoms with Gasteiger partial charge in [0.1, 0.15) is 0 Å². The third-order valence-corrected chi connectivity index (χ3v) is 3.14. The minimum absolute atomic E-state index is 0.0670. The number of fused-ring (bicyclic) bond motifs is 1. The molecule has 0 bridgehead atoms. The molecule has 1 aromatic rings. The monoisotopic (exact) mass is 238 g/mol. The van der Waals surface area contributed by atoms with Crippen LogP contribution in [0.5, 0.6) is 0 Å². The zero-order valence-electron chi connectivity index (χ0n) is 9.29. The SMILES string of the molecule is CNC(=O)CN1CCc2cc(Cl)ccc2C1. The molecule has 1 heterocycles. The van der Waals surface area contributed by atoms with Gasteiger partial charge in [0.05, 0.1) is 6.54 Å². The number of amides is 1. The molecular formula is C12H15ClN2O. The molecule has 0 aliphatic carbocycles. The van der Waals surface area contributed by atoms with Crippen molar-refractivity contribution >= 4 is 17.5 Å². The Bertz CT molecular complexity index is 406. The maximum absolute atomic E-state index is 11.3. The minimum atomic E-state index is 0.0670. The van der Waals surface area contributed by atoms with Crippen LogP contribution < -0.4 is 5.32 Å². The van der Waals surface area contributed by atoms with E-state index in [0.717, 1.165) is 24.5 Å². The van der Waals surface area contributed by atoms with Crippen LogP contribution in [0.1, 0.15) is 11.1 Å². The Balaban J connectivity index is 2.06. The summed E-state index contributed by atoms with van der Waals surface area (Å²) < 4.78 is 0. The molecule has 0 radical (unpaired) electrons. The zero-order chi connectivity index (χ0) is 11.5. The highest BCUT2D eigenvalue weighted by Gasteiger charge is 2.17. The highest BCUT2D eigenvalue weighted by molar-refractivity contribution is 6.30. The predicted molar refractivity (Wildman–Crippen MR) is 64.5 cm³/mol. The van der Waals surface area contributed by atoms with Crippen LogP contribution in [0, 0.1) is 0 Å². The van der Waals surface area contributed by atoms with Crippen LogP contribution in [0.15, 0.2) is 18.2 Å². The van der Waals surface area contributed by atoms with Gasteiger partial charge in [0.25, 0.3) is 0 Å². The quantitative estimate of drug-likeness (QED) is 0.846. The molecule has 1 aromatic carbocycles. The van der Waals surface area contributed by atoms with E-state index in [2.05, 4.69) is 10.2 Å². The molecule has 0 saturated carbocycles. The van der Waals surface area contributed by atoms with Crippen molar-refractivity contribution < 1.29 is 4.79 Å². The van der Waals surface area contributed by atoms with E-state index in [1.165, 1.54) is 11.1 Å². The summed E-state index contributed by atoms with van der Waals surface area (Å²) in [6.45, 7) is 2.22. The standard InChI is InChI=1S/C12H15ClN2O/c1-14-12(16)8-15-5-4-9-6-11(13)3-2-10(9)7-15/h2-3,6H,4-5,7-8H2,1H3,(H,14,16). The van der Waals surface area contributed by atoms with E-state index in [4.69, 9.17) is 11.6 Å². The number of likely N-dealkylation sites (N-methyl/N-ethyl adjacent to an activating group) is 1. The van der Waals surface area contributed by atoms with Crippen molar-refractivity contribution in [3.05, 3.63) is 34.3 Å². The molecule has 1 amide bonds. The summed E-state index contributed by atoms with van der Waals surface area (Å²) in [5, 5.41) is 3.43. The van der Waals surface area contributed by atoms with Gasteiger partial charge >= 0.3 is 0 Å². The van der Waals surface area contributed by atoms with Crippen LogP contribution in [0.3, 0.4) is 0 Å². The van der Waals surface area contributed by atoms with E-state index < -0.39 is 0 Å². The highest BCUT2D eigenvalue weighted by atomic mass is 35.5. The Morgan fingerprint density at radius 1 is 1.50 bits per heavy atom. The highest BCUT2D eigenvalue weighted by Crippen LogP contribution is 2.22. The lowest BCUT2D eigenvalue weighted by Crippen LogP contribution is -2.38. The van der Waals surface area contributed by atoms with Crippen LogP contribution in [-0.4, -0.2) is 30.9 Å². The number of benzene rings is 1. The topological polar surface area (TPSA) is 32.3 Å².